The van der Waals surface area contributed by atoms with E-state index in [2.05, 4.69) is 20.8 Å². The summed E-state index contributed by atoms with van der Waals surface area (Å²) in [5.74, 6) is 1.00. The number of nitrogens with one attached hydrogen (secondary N) is 2. The highest BCUT2D eigenvalue weighted by atomic mass is 16.5. The van der Waals surface area contributed by atoms with Gasteiger partial charge in [0.25, 0.3) is 5.89 Å². The predicted octanol–water partition coefficient (Wildman–Crippen LogP) is 1.78. The Kier molecular flexibility index (Phi) is 6.25. The molecular weight excluding hydrogens is 296 g/mol. The van der Waals surface area contributed by atoms with Gasteiger partial charge in [-0.25, -0.2) is 0 Å². The van der Waals surface area contributed by atoms with E-state index in [1.165, 1.54) is 0 Å². The molecule has 2 N–H and O–H groups in total. The second-order valence-electron chi connectivity index (χ2n) is 5.12. The quantitative estimate of drug-likeness (QED) is 0.721. The molecule has 0 saturated heterocycles. The van der Waals surface area contributed by atoms with E-state index in [9.17, 15) is 4.79 Å². The van der Waals surface area contributed by atoms with E-state index < -0.39 is 0 Å². The zero-order chi connectivity index (χ0) is 16.7. The van der Waals surface area contributed by atoms with E-state index >= 15 is 0 Å². The molecule has 0 aliphatic carbocycles. The van der Waals surface area contributed by atoms with E-state index in [1.54, 1.807) is 7.11 Å². The minimum Gasteiger partial charge on any atom is -0.383 e. The first-order chi connectivity index (χ1) is 11.1. The van der Waals surface area contributed by atoms with E-state index in [0.29, 0.717) is 31.3 Å². The first kappa shape index (κ1) is 17.1. The SMILES string of the molecule is CCc1noc(-c2ccc(C)c(NC(=O)CNCCOC)c2)n1. The van der Waals surface area contributed by atoms with Crippen LogP contribution in [0.4, 0.5) is 5.69 Å². The lowest BCUT2D eigenvalue weighted by molar-refractivity contribution is -0.115. The fraction of sp³-hybridized carbons (Fsp3) is 0.438. The van der Waals surface area contributed by atoms with Crippen LogP contribution in [0, 0.1) is 6.92 Å². The summed E-state index contributed by atoms with van der Waals surface area (Å²) < 4.78 is 10.2. The third-order valence-electron chi connectivity index (χ3n) is 3.31. The number of hydrogen-bond acceptors (Lipinski definition) is 6. The second-order valence-corrected chi connectivity index (χ2v) is 5.12. The monoisotopic (exact) mass is 318 g/mol. The minimum atomic E-state index is -0.110. The Morgan fingerprint density at radius 2 is 2.22 bits per heavy atom. The molecule has 1 heterocycles. The highest BCUT2D eigenvalue weighted by Crippen LogP contribution is 2.24. The Morgan fingerprint density at radius 1 is 1.39 bits per heavy atom. The summed E-state index contributed by atoms with van der Waals surface area (Å²) in [6.07, 6.45) is 0.714. The molecule has 124 valence electrons. The molecule has 2 rings (SSSR count). The highest BCUT2D eigenvalue weighted by Gasteiger charge is 2.11. The number of carbonyl (C=O) groups excluding carboxylic acids is 1. The maximum Gasteiger partial charge on any atom is 0.257 e. The van der Waals surface area contributed by atoms with Crippen molar-refractivity contribution in [3.8, 4) is 11.5 Å². The molecule has 0 radical (unpaired) electrons. The minimum absolute atomic E-state index is 0.110. The number of amides is 1. The first-order valence-electron chi connectivity index (χ1n) is 7.57. The molecule has 0 spiro atoms. The molecule has 0 saturated carbocycles. The van der Waals surface area contributed by atoms with Crippen LogP contribution in [0.3, 0.4) is 0 Å². The second kappa shape index (κ2) is 8.40. The van der Waals surface area contributed by atoms with Crippen LogP contribution in [0.25, 0.3) is 11.5 Å². The Morgan fingerprint density at radius 3 is 2.91 bits per heavy atom. The van der Waals surface area contributed by atoms with Crippen LogP contribution in [0.2, 0.25) is 0 Å². The van der Waals surface area contributed by atoms with Crippen molar-refractivity contribution in [3.63, 3.8) is 0 Å². The van der Waals surface area contributed by atoms with Crippen molar-refractivity contribution < 1.29 is 14.1 Å². The summed E-state index contributed by atoms with van der Waals surface area (Å²) in [4.78, 5) is 16.3. The third-order valence-corrected chi connectivity index (χ3v) is 3.31. The molecule has 0 unspecified atom stereocenters. The molecule has 1 aromatic carbocycles. The molecule has 0 aliphatic rings. The van der Waals surface area contributed by atoms with Crippen molar-refractivity contribution in [2.24, 2.45) is 0 Å². The van der Waals surface area contributed by atoms with Crippen LogP contribution < -0.4 is 10.6 Å². The van der Waals surface area contributed by atoms with Crippen molar-refractivity contribution in [2.75, 3.05) is 32.1 Å². The smallest absolute Gasteiger partial charge is 0.257 e. The number of anilines is 1. The van der Waals surface area contributed by atoms with Gasteiger partial charge in [-0.1, -0.05) is 18.1 Å². The molecule has 2 aromatic rings. The average molecular weight is 318 g/mol. The van der Waals surface area contributed by atoms with Crippen molar-refractivity contribution in [1.29, 1.82) is 0 Å². The molecule has 7 nitrogen and oxygen atoms in total. The summed E-state index contributed by atoms with van der Waals surface area (Å²) in [6, 6.07) is 5.66. The number of methoxy groups -OCH3 is 1. The molecule has 1 amide bonds. The van der Waals surface area contributed by atoms with Gasteiger partial charge in [-0.3, -0.25) is 4.79 Å². The van der Waals surface area contributed by atoms with Gasteiger partial charge in [0, 0.05) is 31.3 Å². The summed E-state index contributed by atoms with van der Waals surface area (Å²) >= 11 is 0. The molecule has 0 bridgehead atoms. The summed E-state index contributed by atoms with van der Waals surface area (Å²) in [6.45, 7) is 5.33. The van der Waals surface area contributed by atoms with E-state index in [1.807, 2.05) is 32.0 Å². The van der Waals surface area contributed by atoms with Gasteiger partial charge in [0.1, 0.15) is 0 Å². The highest BCUT2D eigenvalue weighted by molar-refractivity contribution is 5.93. The fourth-order valence-corrected chi connectivity index (χ4v) is 1.98. The summed E-state index contributed by atoms with van der Waals surface area (Å²) in [7, 11) is 1.62. The van der Waals surface area contributed by atoms with Crippen LogP contribution in [-0.2, 0) is 16.0 Å². The lowest BCUT2D eigenvalue weighted by Crippen LogP contribution is -2.30. The standard InChI is InChI=1S/C16H22N4O3/c1-4-14-19-16(23-20-14)12-6-5-11(2)13(9-12)18-15(21)10-17-7-8-22-3/h5-6,9,17H,4,7-8,10H2,1-3H3,(H,18,21). The summed E-state index contributed by atoms with van der Waals surface area (Å²) in [5.41, 5.74) is 2.48. The number of carbonyl (C=O) groups is 1. The predicted molar refractivity (Wildman–Crippen MR) is 87.2 cm³/mol. The van der Waals surface area contributed by atoms with Gasteiger partial charge in [-0.2, -0.15) is 4.98 Å². The molecule has 0 atom stereocenters. The molecule has 7 heteroatoms. The molecule has 23 heavy (non-hydrogen) atoms. The topological polar surface area (TPSA) is 89.3 Å². The number of hydrogen-bond donors (Lipinski definition) is 2. The van der Waals surface area contributed by atoms with Gasteiger partial charge < -0.3 is 19.9 Å². The van der Waals surface area contributed by atoms with Crippen molar-refractivity contribution in [3.05, 3.63) is 29.6 Å². The van der Waals surface area contributed by atoms with Crippen LogP contribution in [0.5, 0.6) is 0 Å². The van der Waals surface area contributed by atoms with E-state index in [-0.39, 0.29) is 12.5 Å². The van der Waals surface area contributed by atoms with Crippen molar-refractivity contribution in [1.82, 2.24) is 15.5 Å². The number of nitrogens with zero attached hydrogens (tertiary/aromatic N) is 2. The number of rotatable bonds is 8. The zero-order valence-electron chi connectivity index (χ0n) is 13.7. The van der Waals surface area contributed by atoms with E-state index in [0.717, 1.165) is 16.8 Å². The zero-order valence-corrected chi connectivity index (χ0v) is 13.7. The lowest BCUT2D eigenvalue weighted by Gasteiger charge is -2.10. The van der Waals surface area contributed by atoms with Gasteiger partial charge in [-0.15, -0.1) is 0 Å². The van der Waals surface area contributed by atoms with Crippen molar-refractivity contribution in [2.45, 2.75) is 20.3 Å². The maximum absolute atomic E-state index is 12.0. The molecular formula is C16H22N4O3. The lowest BCUT2D eigenvalue weighted by atomic mass is 10.1. The van der Waals surface area contributed by atoms with E-state index in [4.69, 9.17) is 9.26 Å². The largest absolute Gasteiger partial charge is 0.383 e. The van der Waals surface area contributed by atoms with Gasteiger partial charge in [0.2, 0.25) is 5.91 Å². The van der Waals surface area contributed by atoms with Gasteiger partial charge in [-0.05, 0) is 24.6 Å². The normalized spacial score (nSPS) is 10.7. The molecule has 0 fully saturated rings. The number of ether oxygens (including phenoxy) is 1. The fourth-order valence-electron chi connectivity index (χ4n) is 1.98. The van der Waals surface area contributed by atoms with Crippen LogP contribution >= 0.6 is 0 Å². The maximum atomic E-state index is 12.0. The molecule has 0 aliphatic heterocycles. The van der Waals surface area contributed by atoms with Crippen LogP contribution in [0.1, 0.15) is 18.3 Å². The Labute approximate surface area is 135 Å². The van der Waals surface area contributed by atoms with Gasteiger partial charge >= 0.3 is 0 Å². The average Bonchev–Trinajstić information content (AvgIpc) is 3.03. The summed E-state index contributed by atoms with van der Waals surface area (Å²) in [5, 5.41) is 9.78. The van der Waals surface area contributed by atoms with Crippen LogP contribution in [0.15, 0.2) is 22.7 Å². The number of benzene rings is 1. The van der Waals surface area contributed by atoms with Crippen LogP contribution in [-0.4, -0.2) is 42.9 Å². The van der Waals surface area contributed by atoms with Gasteiger partial charge in [0.05, 0.1) is 13.2 Å². The Balaban J connectivity index is 2.04. The van der Waals surface area contributed by atoms with Crippen molar-refractivity contribution >= 4 is 11.6 Å². The first-order valence-corrected chi connectivity index (χ1v) is 7.57. The third kappa shape index (κ3) is 4.87. The molecule has 1 aromatic heterocycles. The van der Waals surface area contributed by atoms with Gasteiger partial charge in [0.15, 0.2) is 5.82 Å². The number of aromatic nitrogens is 2. The Bertz CT molecular complexity index is 655. The Hall–Kier alpha value is -2.25. The number of aryl methyl sites for hydroxylation is 2.